The second-order valence-electron chi connectivity index (χ2n) is 4.02. The van der Waals surface area contributed by atoms with E-state index in [4.69, 9.17) is 4.74 Å². The van der Waals surface area contributed by atoms with Gasteiger partial charge in [0.1, 0.15) is 5.82 Å². The van der Waals surface area contributed by atoms with Crippen LogP contribution in [0.2, 0.25) is 0 Å². The molecular formula is C15H14FNO2. The third kappa shape index (κ3) is 3.39. The Balaban J connectivity index is 2.11. The van der Waals surface area contributed by atoms with Gasteiger partial charge in [0.05, 0.1) is 0 Å². The molecule has 0 aliphatic rings. The zero-order valence-electron chi connectivity index (χ0n) is 10.5. The molecule has 2 rings (SSSR count). The molecule has 0 bridgehead atoms. The summed E-state index contributed by atoms with van der Waals surface area (Å²) in [6, 6.07) is 14.8. The summed E-state index contributed by atoms with van der Waals surface area (Å²) in [5, 5.41) is 2.69. The number of hydrogen-bond acceptors (Lipinski definition) is 2. The summed E-state index contributed by atoms with van der Waals surface area (Å²) in [6.45, 7) is 0. The predicted molar refractivity (Wildman–Crippen MR) is 71.2 cm³/mol. The first kappa shape index (κ1) is 13.2. The smallest absolute Gasteiger partial charge is 0.258 e. The van der Waals surface area contributed by atoms with Crippen molar-refractivity contribution in [3.05, 3.63) is 66.0 Å². The number of nitrogens with one attached hydrogen (secondary N) is 1. The number of anilines is 1. The maximum atomic E-state index is 12.8. The Morgan fingerprint density at radius 2 is 1.74 bits per heavy atom. The Hall–Kier alpha value is -2.20. The fraction of sp³-hybridized carbons (Fsp3) is 0.133. The van der Waals surface area contributed by atoms with Crippen LogP contribution in [0, 0.1) is 5.82 Å². The SMILES string of the molecule is CO[C@H](C(=O)Nc1ccc(F)cc1)c1ccccc1. The Morgan fingerprint density at radius 1 is 1.11 bits per heavy atom. The Kier molecular flexibility index (Phi) is 4.26. The van der Waals surface area contributed by atoms with Crippen molar-refractivity contribution >= 4 is 11.6 Å². The highest BCUT2D eigenvalue weighted by Crippen LogP contribution is 2.19. The third-order valence-corrected chi connectivity index (χ3v) is 2.69. The summed E-state index contributed by atoms with van der Waals surface area (Å²) in [6.07, 6.45) is -0.689. The van der Waals surface area contributed by atoms with Crippen molar-refractivity contribution < 1.29 is 13.9 Å². The first-order valence-corrected chi connectivity index (χ1v) is 5.85. The summed E-state index contributed by atoms with van der Waals surface area (Å²) in [7, 11) is 1.47. The van der Waals surface area contributed by atoms with Crippen molar-refractivity contribution in [3.63, 3.8) is 0 Å². The van der Waals surface area contributed by atoms with E-state index < -0.39 is 6.10 Å². The number of carbonyl (C=O) groups excluding carboxylic acids is 1. The molecule has 0 radical (unpaired) electrons. The Morgan fingerprint density at radius 3 is 2.32 bits per heavy atom. The second kappa shape index (κ2) is 6.11. The van der Waals surface area contributed by atoms with E-state index in [1.54, 1.807) is 0 Å². The largest absolute Gasteiger partial charge is 0.367 e. The lowest BCUT2D eigenvalue weighted by Crippen LogP contribution is -2.22. The zero-order valence-corrected chi connectivity index (χ0v) is 10.5. The lowest BCUT2D eigenvalue weighted by atomic mass is 10.1. The van der Waals surface area contributed by atoms with E-state index in [1.807, 2.05) is 30.3 Å². The number of amides is 1. The fourth-order valence-electron chi connectivity index (χ4n) is 1.76. The molecule has 3 nitrogen and oxygen atoms in total. The van der Waals surface area contributed by atoms with E-state index in [0.717, 1.165) is 5.56 Å². The number of halogens is 1. The van der Waals surface area contributed by atoms with E-state index in [2.05, 4.69) is 5.32 Å². The van der Waals surface area contributed by atoms with Crippen LogP contribution in [-0.2, 0) is 9.53 Å². The summed E-state index contributed by atoms with van der Waals surface area (Å²) in [5.74, 6) is -0.635. The highest BCUT2D eigenvalue weighted by Gasteiger charge is 2.19. The van der Waals surface area contributed by atoms with Gasteiger partial charge in [0, 0.05) is 12.8 Å². The number of benzene rings is 2. The van der Waals surface area contributed by atoms with Crippen molar-refractivity contribution in [1.29, 1.82) is 0 Å². The molecule has 0 fully saturated rings. The van der Waals surface area contributed by atoms with E-state index >= 15 is 0 Å². The van der Waals surface area contributed by atoms with E-state index in [9.17, 15) is 9.18 Å². The van der Waals surface area contributed by atoms with Crippen molar-refractivity contribution in [2.24, 2.45) is 0 Å². The van der Waals surface area contributed by atoms with Gasteiger partial charge in [-0.05, 0) is 29.8 Å². The maximum absolute atomic E-state index is 12.8. The quantitative estimate of drug-likeness (QED) is 0.916. The van der Waals surface area contributed by atoms with Crippen LogP contribution in [0.5, 0.6) is 0 Å². The van der Waals surface area contributed by atoms with Crippen molar-refractivity contribution in [3.8, 4) is 0 Å². The van der Waals surface area contributed by atoms with Gasteiger partial charge in [-0.15, -0.1) is 0 Å². The monoisotopic (exact) mass is 259 g/mol. The van der Waals surface area contributed by atoms with Crippen LogP contribution in [0.3, 0.4) is 0 Å². The van der Waals surface area contributed by atoms with Crippen LogP contribution >= 0.6 is 0 Å². The van der Waals surface area contributed by atoms with Crippen molar-refractivity contribution in [1.82, 2.24) is 0 Å². The van der Waals surface area contributed by atoms with Gasteiger partial charge in [-0.2, -0.15) is 0 Å². The molecular weight excluding hydrogens is 245 g/mol. The summed E-state index contributed by atoms with van der Waals surface area (Å²) >= 11 is 0. The molecule has 19 heavy (non-hydrogen) atoms. The van der Waals surface area contributed by atoms with Crippen LogP contribution < -0.4 is 5.32 Å². The highest BCUT2D eigenvalue weighted by molar-refractivity contribution is 5.94. The van der Waals surface area contributed by atoms with E-state index in [0.29, 0.717) is 5.69 Å². The number of ether oxygens (including phenoxy) is 1. The van der Waals surface area contributed by atoms with Gasteiger partial charge in [0.2, 0.25) is 0 Å². The topological polar surface area (TPSA) is 38.3 Å². The number of hydrogen-bond donors (Lipinski definition) is 1. The number of rotatable bonds is 4. The molecule has 0 aromatic heterocycles. The Labute approximate surface area is 111 Å². The molecule has 0 aliphatic carbocycles. The minimum atomic E-state index is -0.689. The molecule has 1 amide bonds. The van der Waals surface area contributed by atoms with Crippen LogP contribution in [0.15, 0.2) is 54.6 Å². The average molecular weight is 259 g/mol. The number of methoxy groups -OCH3 is 1. The Bertz CT molecular complexity index is 540. The third-order valence-electron chi connectivity index (χ3n) is 2.69. The summed E-state index contributed by atoms with van der Waals surface area (Å²) in [4.78, 5) is 12.1. The molecule has 0 aliphatic heterocycles. The molecule has 98 valence electrons. The van der Waals surface area contributed by atoms with E-state index in [1.165, 1.54) is 31.4 Å². The zero-order chi connectivity index (χ0) is 13.7. The van der Waals surface area contributed by atoms with Crippen molar-refractivity contribution in [2.75, 3.05) is 12.4 Å². The first-order valence-electron chi connectivity index (χ1n) is 5.85. The standard InChI is InChI=1S/C15H14FNO2/c1-19-14(11-5-3-2-4-6-11)15(18)17-13-9-7-12(16)8-10-13/h2-10,14H,1H3,(H,17,18)/t14-/m0/s1. The van der Waals surface area contributed by atoms with Crippen molar-refractivity contribution in [2.45, 2.75) is 6.10 Å². The molecule has 4 heteroatoms. The molecule has 2 aromatic carbocycles. The molecule has 0 spiro atoms. The normalized spacial score (nSPS) is 11.9. The van der Waals surface area contributed by atoms with Gasteiger partial charge < -0.3 is 10.1 Å². The van der Waals surface area contributed by atoms with Gasteiger partial charge in [-0.25, -0.2) is 4.39 Å². The number of carbonyl (C=O) groups is 1. The molecule has 0 saturated carbocycles. The van der Waals surface area contributed by atoms with Crippen LogP contribution in [0.25, 0.3) is 0 Å². The molecule has 0 heterocycles. The minimum Gasteiger partial charge on any atom is -0.367 e. The molecule has 1 atom stereocenters. The highest BCUT2D eigenvalue weighted by atomic mass is 19.1. The fourth-order valence-corrected chi connectivity index (χ4v) is 1.76. The summed E-state index contributed by atoms with van der Waals surface area (Å²) in [5.41, 5.74) is 1.30. The lowest BCUT2D eigenvalue weighted by molar-refractivity contribution is -0.126. The lowest BCUT2D eigenvalue weighted by Gasteiger charge is -2.15. The molecule has 0 unspecified atom stereocenters. The first-order chi connectivity index (χ1) is 9.20. The maximum Gasteiger partial charge on any atom is 0.258 e. The van der Waals surface area contributed by atoms with Crippen LogP contribution in [0.4, 0.5) is 10.1 Å². The molecule has 2 aromatic rings. The predicted octanol–water partition coefficient (Wildman–Crippen LogP) is 3.15. The van der Waals surface area contributed by atoms with Gasteiger partial charge in [0.15, 0.2) is 6.10 Å². The van der Waals surface area contributed by atoms with Crippen LogP contribution in [-0.4, -0.2) is 13.0 Å². The van der Waals surface area contributed by atoms with Gasteiger partial charge in [-0.3, -0.25) is 4.79 Å². The second-order valence-corrected chi connectivity index (χ2v) is 4.02. The van der Waals surface area contributed by atoms with Gasteiger partial charge >= 0.3 is 0 Å². The van der Waals surface area contributed by atoms with Crippen LogP contribution in [0.1, 0.15) is 11.7 Å². The average Bonchev–Trinajstić information content (AvgIpc) is 2.43. The van der Waals surface area contributed by atoms with Gasteiger partial charge in [0.25, 0.3) is 5.91 Å². The summed E-state index contributed by atoms with van der Waals surface area (Å²) < 4.78 is 18.0. The molecule has 1 N–H and O–H groups in total. The molecule has 0 saturated heterocycles. The minimum absolute atomic E-state index is 0.291. The van der Waals surface area contributed by atoms with E-state index in [-0.39, 0.29) is 11.7 Å². The van der Waals surface area contributed by atoms with Gasteiger partial charge in [-0.1, -0.05) is 30.3 Å².